The summed E-state index contributed by atoms with van der Waals surface area (Å²) in [5.41, 5.74) is 16.5. The third-order valence-electron chi connectivity index (χ3n) is 13.0. The maximum Gasteiger partial charge on any atom is 0.0541 e. The highest BCUT2D eigenvalue weighted by Gasteiger charge is 2.35. The van der Waals surface area contributed by atoms with Crippen LogP contribution < -0.4 is 0 Å². The minimum Gasteiger partial charge on any atom is -0.309 e. The SMILES string of the molecule is CC1(C)c2ccccc2-c2ccc(-c3ccc(-c4ccc5c(c4)c4ccccc4n5-c4cccc(-c5ccc6c7ccccc7c7ccccc7c6c5)c4)cc3)cc21. The fourth-order valence-electron chi connectivity index (χ4n) is 10.1. The minimum atomic E-state index is -0.0146. The Morgan fingerprint density at radius 2 is 0.776 bits per heavy atom. The van der Waals surface area contributed by atoms with Gasteiger partial charge in [-0.3, -0.25) is 0 Å². The van der Waals surface area contributed by atoms with E-state index in [0.29, 0.717) is 0 Å². The van der Waals surface area contributed by atoms with Crippen molar-refractivity contribution in [1.29, 1.82) is 0 Å². The summed E-state index contributed by atoms with van der Waals surface area (Å²) in [5, 5.41) is 10.3. The molecule has 0 N–H and O–H groups in total. The van der Waals surface area contributed by atoms with Gasteiger partial charge in [-0.15, -0.1) is 0 Å². The minimum absolute atomic E-state index is 0.0146. The van der Waals surface area contributed by atoms with Gasteiger partial charge in [0.1, 0.15) is 0 Å². The van der Waals surface area contributed by atoms with Gasteiger partial charge in [0, 0.05) is 21.9 Å². The summed E-state index contributed by atoms with van der Waals surface area (Å²) < 4.78 is 2.43. The summed E-state index contributed by atoms with van der Waals surface area (Å²) in [4.78, 5) is 0. The van der Waals surface area contributed by atoms with Gasteiger partial charge in [-0.1, -0.05) is 172 Å². The molecule has 0 amide bonds. The van der Waals surface area contributed by atoms with E-state index in [4.69, 9.17) is 0 Å². The van der Waals surface area contributed by atoms with Crippen LogP contribution in [0, 0.1) is 0 Å². The zero-order valence-corrected chi connectivity index (χ0v) is 32.5. The standard InChI is InChI=1S/C57H39N/c1-57(2)53-20-9-7-18-48(53)49-30-27-41(35-54(49)57)37-24-22-36(23-25-37)39-28-31-56-52(34-39)50-19-8-10-21-55(50)58(56)42-13-11-12-38(32-42)40-26-29-47-45-16-4-3-14-43(45)44-15-5-6-17-46(44)51(47)33-40/h3-35H,1-2H3. The Balaban J connectivity index is 0.922. The highest BCUT2D eigenvalue weighted by atomic mass is 15.0. The molecule has 0 spiro atoms. The number of fused-ring (bicyclic) bond motifs is 12. The molecular formula is C57H39N. The Hall–Kier alpha value is -7.22. The molecule has 272 valence electrons. The van der Waals surface area contributed by atoms with E-state index in [1.54, 1.807) is 0 Å². The molecule has 12 rings (SSSR count). The van der Waals surface area contributed by atoms with Crippen LogP contribution in [0.2, 0.25) is 0 Å². The van der Waals surface area contributed by atoms with E-state index in [1.807, 2.05) is 0 Å². The fraction of sp³-hybridized carbons (Fsp3) is 0.0526. The zero-order valence-electron chi connectivity index (χ0n) is 32.5. The monoisotopic (exact) mass is 737 g/mol. The third-order valence-corrected chi connectivity index (χ3v) is 13.0. The molecule has 10 aromatic carbocycles. The van der Waals surface area contributed by atoms with E-state index in [0.717, 1.165) is 5.69 Å². The molecule has 1 aliphatic rings. The van der Waals surface area contributed by atoms with Gasteiger partial charge in [-0.05, 0) is 130 Å². The first-order valence-electron chi connectivity index (χ1n) is 20.3. The van der Waals surface area contributed by atoms with Gasteiger partial charge in [0.25, 0.3) is 0 Å². The number of para-hydroxylation sites is 1. The zero-order chi connectivity index (χ0) is 38.5. The Morgan fingerprint density at radius 3 is 1.52 bits per heavy atom. The van der Waals surface area contributed by atoms with E-state index >= 15 is 0 Å². The van der Waals surface area contributed by atoms with Gasteiger partial charge in [0.2, 0.25) is 0 Å². The highest BCUT2D eigenvalue weighted by molar-refractivity contribution is 6.25. The Kier molecular flexibility index (Phi) is 7.04. The van der Waals surface area contributed by atoms with Gasteiger partial charge in [0.05, 0.1) is 11.0 Å². The van der Waals surface area contributed by atoms with Crippen molar-refractivity contribution in [3.63, 3.8) is 0 Å². The van der Waals surface area contributed by atoms with Gasteiger partial charge in [-0.25, -0.2) is 0 Å². The molecule has 1 aliphatic carbocycles. The molecule has 0 saturated heterocycles. The maximum absolute atomic E-state index is 2.43. The highest BCUT2D eigenvalue weighted by Crippen LogP contribution is 2.49. The van der Waals surface area contributed by atoms with E-state index < -0.39 is 0 Å². The average Bonchev–Trinajstić information content (AvgIpc) is 3.74. The number of hydrogen-bond donors (Lipinski definition) is 0. The molecule has 1 aromatic heterocycles. The van der Waals surface area contributed by atoms with Gasteiger partial charge >= 0.3 is 0 Å². The van der Waals surface area contributed by atoms with E-state index in [9.17, 15) is 0 Å². The molecule has 58 heavy (non-hydrogen) atoms. The second-order valence-electron chi connectivity index (χ2n) is 16.5. The van der Waals surface area contributed by atoms with Crippen LogP contribution >= 0.6 is 0 Å². The number of hydrogen-bond acceptors (Lipinski definition) is 0. The molecule has 0 aliphatic heterocycles. The van der Waals surface area contributed by atoms with E-state index in [-0.39, 0.29) is 5.41 Å². The van der Waals surface area contributed by atoms with Crippen molar-refractivity contribution < 1.29 is 0 Å². The topological polar surface area (TPSA) is 4.93 Å². The molecule has 0 fully saturated rings. The Morgan fingerprint density at radius 1 is 0.293 bits per heavy atom. The number of benzene rings is 10. The number of nitrogens with zero attached hydrogens (tertiary/aromatic N) is 1. The van der Waals surface area contributed by atoms with Crippen molar-refractivity contribution >= 4 is 54.1 Å². The summed E-state index contributed by atoms with van der Waals surface area (Å²) in [6.07, 6.45) is 0. The van der Waals surface area contributed by atoms with Crippen LogP contribution in [0.5, 0.6) is 0 Å². The first kappa shape index (κ1) is 33.0. The molecule has 0 atom stereocenters. The second kappa shape index (κ2) is 12.4. The largest absolute Gasteiger partial charge is 0.309 e. The van der Waals surface area contributed by atoms with Crippen LogP contribution in [0.25, 0.3) is 104 Å². The lowest BCUT2D eigenvalue weighted by atomic mass is 9.81. The normalized spacial score (nSPS) is 13.1. The lowest BCUT2D eigenvalue weighted by Gasteiger charge is -2.22. The van der Waals surface area contributed by atoms with Crippen LogP contribution in [-0.2, 0) is 5.41 Å². The van der Waals surface area contributed by atoms with Gasteiger partial charge in [0.15, 0.2) is 0 Å². The van der Waals surface area contributed by atoms with Crippen molar-refractivity contribution in [3.8, 4) is 50.2 Å². The van der Waals surface area contributed by atoms with Crippen molar-refractivity contribution in [2.24, 2.45) is 0 Å². The molecule has 0 saturated carbocycles. The molecule has 1 heteroatoms. The molecule has 1 nitrogen and oxygen atoms in total. The molecule has 0 radical (unpaired) electrons. The lowest BCUT2D eigenvalue weighted by Crippen LogP contribution is -2.14. The van der Waals surface area contributed by atoms with Crippen molar-refractivity contribution in [1.82, 2.24) is 4.57 Å². The molecule has 1 heterocycles. The second-order valence-corrected chi connectivity index (χ2v) is 16.5. The summed E-state index contributed by atoms with van der Waals surface area (Å²) >= 11 is 0. The lowest BCUT2D eigenvalue weighted by molar-refractivity contribution is 0.660. The van der Waals surface area contributed by atoms with Crippen LogP contribution in [0.4, 0.5) is 0 Å². The molecule has 0 bridgehead atoms. The first-order chi connectivity index (χ1) is 28.5. The van der Waals surface area contributed by atoms with Crippen LogP contribution in [0.15, 0.2) is 200 Å². The van der Waals surface area contributed by atoms with Crippen LogP contribution in [-0.4, -0.2) is 4.57 Å². The van der Waals surface area contributed by atoms with Gasteiger partial charge < -0.3 is 4.57 Å². The van der Waals surface area contributed by atoms with E-state index in [1.165, 1.54) is 110 Å². The smallest absolute Gasteiger partial charge is 0.0541 e. The number of rotatable bonds is 4. The molecule has 11 aromatic rings. The summed E-state index contributed by atoms with van der Waals surface area (Å²) in [6, 6.07) is 74.4. The maximum atomic E-state index is 2.43. The predicted octanol–water partition coefficient (Wildman–Crippen LogP) is 15.6. The molecular weight excluding hydrogens is 699 g/mol. The van der Waals surface area contributed by atoms with Crippen LogP contribution in [0.1, 0.15) is 25.0 Å². The Labute approximate surface area is 338 Å². The fourth-order valence-corrected chi connectivity index (χ4v) is 10.1. The summed E-state index contributed by atoms with van der Waals surface area (Å²) in [5.74, 6) is 0. The molecule has 0 unspecified atom stereocenters. The predicted molar refractivity (Wildman–Crippen MR) is 247 cm³/mol. The summed E-state index contributed by atoms with van der Waals surface area (Å²) in [7, 11) is 0. The average molecular weight is 738 g/mol. The van der Waals surface area contributed by atoms with Crippen molar-refractivity contribution in [2.45, 2.75) is 19.3 Å². The number of aromatic nitrogens is 1. The third kappa shape index (κ3) is 4.83. The van der Waals surface area contributed by atoms with E-state index in [2.05, 4.69) is 219 Å². The first-order valence-corrected chi connectivity index (χ1v) is 20.3. The van der Waals surface area contributed by atoms with Crippen molar-refractivity contribution in [3.05, 3.63) is 211 Å². The van der Waals surface area contributed by atoms with Gasteiger partial charge in [-0.2, -0.15) is 0 Å². The Bertz CT molecular complexity index is 3430. The van der Waals surface area contributed by atoms with Crippen molar-refractivity contribution in [2.75, 3.05) is 0 Å². The summed E-state index contributed by atoms with van der Waals surface area (Å²) in [6.45, 7) is 4.70. The van der Waals surface area contributed by atoms with Crippen LogP contribution in [0.3, 0.4) is 0 Å². The quantitative estimate of drug-likeness (QED) is 0.159.